The number of carbonyl (C=O) groups is 2. The SMILES string of the molecule is CCCCCCCC(=O)CC[C@@H]1[C@@H](C/C=C\CCCC(=O)Oc2ccc(CO[N+](=O)[O-])cc2)[C@@H](O)C[C@H]1O. The molecule has 2 N–H and O–H groups in total. The number of ketones is 1. The predicted molar refractivity (Wildman–Crippen MR) is 143 cm³/mol. The lowest BCUT2D eigenvalue weighted by molar-refractivity contribution is -0.763. The largest absolute Gasteiger partial charge is 0.427 e. The number of rotatable bonds is 19. The molecular weight excluding hydrogens is 490 g/mol. The molecule has 1 aromatic rings. The summed E-state index contributed by atoms with van der Waals surface area (Å²) in [5, 5.41) is 30.2. The van der Waals surface area contributed by atoms with E-state index in [9.17, 15) is 29.9 Å². The average Bonchev–Trinajstić information content (AvgIpc) is 3.15. The number of nitrogens with zero attached hydrogens (tertiary/aromatic N) is 1. The van der Waals surface area contributed by atoms with Crippen molar-refractivity contribution in [3.63, 3.8) is 0 Å². The summed E-state index contributed by atoms with van der Waals surface area (Å²) in [4.78, 5) is 38.9. The van der Waals surface area contributed by atoms with Gasteiger partial charge in [0.1, 0.15) is 18.1 Å². The highest BCUT2D eigenvalue weighted by Crippen LogP contribution is 2.38. The number of ether oxygens (including phenoxy) is 1. The van der Waals surface area contributed by atoms with Crippen LogP contribution in [0.25, 0.3) is 0 Å². The summed E-state index contributed by atoms with van der Waals surface area (Å²) in [7, 11) is 0. The molecule has 0 aromatic heterocycles. The zero-order valence-electron chi connectivity index (χ0n) is 22.5. The first-order chi connectivity index (χ1) is 18.3. The molecule has 9 nitrogen and oxygen atoms in total. The van der Waals surface area contributed by atoms with Crippen LogP contribution in [-0.4, -0.2) is 39.3 Å². The standard InChI is InChI=1S/C29H43NO8/c1-2-3-4-5-8-11-23(31)16-19-26-25(27(32)20-28(26)33)12-9-6-7-10-13-29(34)38-24-17-14-22(15-18-24)21-37-30(35)36/h6,9,14-15,17-18,25-28,32-33H,2-5,7-8,10-13,16,19-21H2,1H3/b9-6-/t25-,26-,27+,28-/m1/s1. The van der Waals surface area contributed by atoms with E-state index in [2.05, 4.69) is 11.8 Å². The van der Waals surface area contributed by atoms with E-state index in [-0.39, 0.29) is 36.6 Å². The van der Waals surface area contributed by atoms with Gasteiger partial charge in [-0.1, -0.05) is 56.9 Å². The Kier molecular flexibility index (Phi) is 14.6. The Morgan fingerprint density at radius 3 is 2.39 bits per heavy atom. The summed E-state index contributed by atoms with van der Waals surface area (Å²) < 4.78 is 5.28. The Morgan fingerprint density at radius 1 is 0.974 bits per heavy atom. The van der Waals surface area contributed by atoms with Crippen LogP contribution < -0.4 is 4.74 Å². The number of Topliss-reactive ketones (excluding diaryl/α,β-unsaturated/α-hetero) is 1. The quantitative estimate of drug-likeness (QED) is 0.0595. The van der Waals surface area contributed by atoms with Crippen LogP contribution in [0, 0.1) is 22.0 Å². The van der Waals surface area contributed by atoms with E-state index in [1.165, 1.54) is 19.3 Å². The third kappa shape index (κ3) is 12.2. The Hall–Kier alpha value is -2.78. The van der Waals surface area contributed by atoms with E-state index >= 15 is 0 Å². The second-order valence-corrected chi connectivity index (χ2v) is 10.2. The van der Waals surface area contributed by atoms with Gasteiger partial charge < -0.3 is 19.8 Å². The molecule has 0 amide bonds. The van der Waals surface area contributed by atoms with Gasteiger partial charge in [0.05, 0.1) is 12.2 Å². The van der Waals surface area contributed by atoms with Crippen molar-refractivity contribution in [2.75, 3.05) is 0 Å². The third-order valence-electron chi connectivity index (χ3n) is 7.16. The van der Waals surface area contributed by atoms with Crippen LogP contribution in [0.2, 0.25) is 0 Å². The maximum atomic E-state index is 12.3. The number of esters is 1. The molecule has 0 radical (unpaired) electrons. The van der Waals surface area contributed by atoms with Crippen molar-refractivity contribution in [2.45, 2.75) is 109 Å². The zero-order chi connectivity index (χ0) is 27.8. The fourth-order valence-electron chi connectivity index (χ4n) is 4.98. The molecule has 0 aliphatic heterocycles. The molecule has 0 saturated heterocycles. The van der Waals surface area contributed by atoms with E-state index < -0.39 is 17.3 Å². The zero-order valence-corrected chi connectivity index (χ0v) is 22.5. The molecule has 1 aliphatic carbocycles. The second-order valence-electron chi connectivity index (χ2n) is 10.2. The van der Waals surface area contributed by atoms with Gasteiger partial charge in [0, 0.05) is 19.3 Å². The van der Waals surface area contributed by atoms with Crippen molar-refractivity contribution in [1.29, 1.82) is 0 Å². The topological polar surface area (TPSA) is 136 Å². The molecule has 0 heterocycles. The normalized spacial score (nSPS) is 21.0. The summed E-state index contributed by atoms with van der Waals surface area (Å²) in [6.45, 7) is 2.00. The maximum Gasteiger partial charge on any atom is 0.311 e. The monoisotopic (exact) mass is 533 g/mol. The van der Waals surface area contributed by atoms with Gasteiger partial charge in [-0.25, -0.2) is 0 Å². The molecule has 0 spiro atoms. The maximum absolute atomic E-state index is 12.3. The average molecular weight is 534 g/mol. The number of benzene rings is 1. The molecule has 1 aliphatic rings. The predicted octanol–water partition coefficient (Wildman–Crippen LogP) is 5.48. The van der Waals surface area contributed by atoms with Gasteiger partial charge in [-0.05, 0) is 68.1 Å². The summed E-state index contributed by atoms with van der Waals surface area (Å²) in [5.74, 6) is 0.104. The third-order valence-corrected chi connectivity index (χ3v) is 7.16. The van der Waals surface area contributed by atoms with Crippen molar-refractivity contribution < 1.29 is 34.5 Å². The fourth-order valence-corrected chi connectivity index (χ4v) is 4.98. The highest BCUT2D eigenvalue weighted by molar-refractivity contribution is 5.78. The van der Waals surface area contributed by atoms with Crippen LogP contribution in [0.1, 0.15) is 96.0 Å². The molecule has 38 heavy (non-hydrogen) atoms. The van der Waals surface area contributed by atoms with Gasteiger partial charge in [0.2, 0.25) is 0 Å². The highest BCUT2D eigenvalue weighted by atomic mass is 16.9. The van der Waals surface area contributed by atoms with Crippen LogP contribution in [0.4, 0.5) is 0 Å². The molecule has 0 bridgehead atoms. The van der Waals surface area contributed by atoms with Gasteiger partial charge in [0.15, 0.2) is 0 Å². The van der Waals surface area contributed by atoms with E-state index in [4.69, 9.17) is 4.74 Å². The Labute approximate surface area is 225 Å². The lowest BCUT2D eigenvalue weighted by Gasteiger charge is -2.22. The number of allylic oxidation sites excluding steroid dienone is 2. The van der Waals surface area contributed by atoms with E-state index in [0.717, 1.165) is 12.8 Å². The van der Waals surface area contributed by atoms with Crippen LogP contribution in [0.3, 0.4) is 0 Å². The molecule has 4 atom stereocenters. The Balaban J connectivity index is 1.65. The summed E-state index contributed by atoms with van der Waals surface area (Å²) >= 11 is 0. The minimum Gasteiger partial charge on any atom is -0.427 e. The molecule has 2 rings (SSSR count). The van der Waals surface area contributed by atoms with Crippen molar-refractivity contribution in [2.24, 2.45) is 11.8 Å². The van der Waals surface area contributed by atoms with Crippen molar-refractivity contribution in [3.05, 3.63) is 52.1 Å². The minimum atomic E-state index is -0.861. The van der Waals surface area contributed by atoms with Gasteiger partial charge in [-0.15, -0.1) is 10.1 Å². The molecule has 1 aromatic carbocycles. The number of carbonyl (C=O) groups excluding carboxylic acids is 2. The number of unbranched alkanes of at least 4 members (excludes halogenated alkanes) is 5. The van der Waals surface area contributed by atoms with Crippen LogP contribution >= 0.6 is 0 Å². The molecule has 212 valence electrons. The van der Waals surface area contributed by atoms with Gasteiger partial charge in [-0.2, -0.15) is 0 Å². The van der Waals surface area contributed by atoms with Gasteiger partial charge >= 0.3 is 5.97 Å². The lowest BCUT2D eigenvalue weighted by Crippen LogP contribution is -2.22. The lowest BCUT2D eigenvalue weighted by atomic mass is 9.86. The summed E-state index contributed by atoms with van der Waals surface area (Å²) in [6, 6.07) is 6.33. The van der Waals surface area contributed by atoms with Crippen LogP contribution in [-0.2, 0) is 21.0 Å². The second kappa shape index (κ2) is 17.7. The van der Waals surface area contributed by atoms with Crippen molar-refractivity contribution in [3.8, 4) is 5.75 Å². The van der Waals surface area contributed by atoms with Crippen molar-refractivity contribution >= 4 is 11.8 Å². The Morgan fingerprint density at radius 2 is 1.68 bits per heavy atom. The summed E-state index contributed by atoms with van der Waals surface area (Å²) in [5.41, 5.74) is 0.596. The molecule has 1 fully saturated rings. The first-order valence-electron chi connectivity index (χ1n) is 13.9. The van der Waals surface area contributed by atoms with E-state index in [1.54, 1.807) is 24.3 Å². The van der Waals surface area contributed by atoms with Crippen molar-refractivity contribution in [1.82, 2.24) is 0 Å². The van der Waals surface area contributed by atoms with Crippen LogP contribution in [0.15, 0.2) is 36.4 Å². The first kappa shape index (κ1) is 31.4. The number of aliphatic hydroxyl groups is 2. The van der Waals surface area contributed by atoms with Gasteiger partial charge in [-0.3, -0.25) is 9.59 Å². The minimum absolute atomic E-state index is 0.0673. The number of hydrogen-bond donors (Lipinski definition) is 2. The van der Waals surface area contributed by atoms with Gasteiger partial charge in [0.25, 0.3) is 5.09 Å². The smallest absolute Gasteiger partial charge is 0.311 e. The Bertz CT molecular complexity index is 885. The van der Waals surface area contributed by atoms with E-state index in [0.29, 0.717) is 56.3 Å². The number of hydrogen-bond acceptors (Lipinski definition) is 8. The molecule has 9 heteroatoms. The fraction of sp³-hybridized carbons (Fsp3) is 0.655. The molecule has 1 saturated carbocycles. The first-order valence-corrected chi connectivity index (χ1v) is 13.9. The molecular formula is C29H43NO8. The molecule has 0 unspecified atom stereocenters. The number of aliphatic hydroxyl groups excluding tert-OH is 2. The van der Waals surface area contributed by atoms with E-state index in [1.807, 2.05) is 12.2 Å². The summed E-state index contributed by atoms with van der Waals surface area (Å²) in [6.07, 6.45) is 12.6. The van der Waals surface area contributed by atoms with Crippen LogP contribution in [0.5, 0.6) is 5.75 Å². The highest BCUT2D eigenvalue weighted by Gasteiger charge is 2.40.